The molecular weight excluding hydrogens is 372 g/mol. The standard InChI is InChI=1S/C22H24N2O5/c1-22(2,3)14-4-6-16-18(10-14)29-13-21(26)24(16)12-20(25)23-15-5-7-17-19(11-15)28-9-8-27-17/h4-7,10-11H,8-9,12-13H2,1-3H3,(H,23,25). The molecule has 0 atom stereocenters. The average Bonchev–Trinajstić information content (AvgIpc) is 2.69. The molecule has 7 nitrogen and oxygen atoms in total. The number of fused-ring (bicyclic) bond motifs is 2. The highest BCUT2D eigenvalue weighted by Gasteiger charge is 2.29. The molecule has 0 unspecified atom stereocenters. The molecule has 0 aromatic heterocycles. The zero-order chi connectivity index (χ0) is 20.6. The van der Waals surface area contributed by atoms with E-state index >= 15 is 0 Å². The summed E-state index contributed by atoms with van der Waals surface area (Å²) in [6.45, 7) is 7.13. The van der Waals surface area contributed by atoms with E-state index in [0.717, 1.165) is 5.56 Å². The molecule has 0 saturated heterocycles. The van der Waals surface area contributed by atoms with Crippen LogP contribution in [0.5, 0.6) is 17.2 Å². The molecule has 152 valence electrons. The van der Waals surface area contributed by atoms with Crippen molar-refractivity contribution in [1.82, 2.24) is 0 Å². The van der Waals surface area contributed by atoms with Gasteiger partial charge in [0.15, 0.2) is 18.1 Å². The number of nitrogens with zero attached hydrogens (tertiary/aromatic N) is 1. The molecule has 0 fully saturated rings. The Morgan fingerprint density at radius 1 is 1.00 bits per heavy atom. The second kappa shape index (κ2) is 7.31. The topological polar surface area (TPSA) is 77.1 Å². The van der Waals surface area contributed by atoms with E-state index < -0.39 is 0 Å². The molecule has 2 aromatic carbocycles. The third-order valence-electron chi connectivity index (χ3n) is 4.90. The molecule has 7 heteroatoms. The molecule has 1 N–H and O–H groups in total. The van der Waals surface area contributed by atoms with Crippen LogP contribution in [0.1, 0.15) is 26.3 Å². The van der Waals surface area contributed by atoms with Crippen molar-refractivity contribution in [3.63, 3.8) is 0 Å². The minimum Gasteiger partial charge on any atom is -0.486 e. The molecule has 0 spiro atoms. The summed E-state index contributed by atoms with van der Waals surface area (Å²) in [5.41, 5.74) is 2.25. The maximum atomic E-state index is 12.6. The van der Waals surface area contributed by atoms with E-state index in [4.69, 9.17) is 14.2 Å². The van der Waals surface area contributed by atoms with Crippen LogP contribution in [0.15, 0.2) is 36.4 Å². The van der Waals surface area contributed by atoms with E-state index in [1.165, 1.54) is 4.90 Å². The van der Waals surface area contributed by atoms with Crippen molar-refractivity contribution >= 4 is 23.2 Å². The van der Waals surface area contributed by atoms with Gasteiger partial charge in [0, 0.05) is 11.8 Å². The second-order valence-electron chi connectivity index (χ2n) is 8.11. The van der Waals surface area contributed by atoms with Crippen LogP contribution in [0, 0.1) is 0 Å². The smallest absolute Gasteiger partial charge is 0.265 e. The van der Waals surface area contributed by atoms with Gasteiger partial charge in [-0.15, -0.1) is 0 Å². The lowest BCUT2D eigenvalue weighted by atomic mass is 9.86. The highest BCUT2D eigenvalue weighted by molar-refractivity contribution is 6.05. The maximum Gasteiger partial charge on any atom is 0.265 e. The number of carbonyl (C=O) groups excluding carboxylic acids is 2. The van der Waals surface area contributed by atoms with E-state index in [9.17, 15) is 9.59 Å². The predicted octanol–water partition coefficient (Wildman–Crippen LogP) is 3.12. The van der Waals surface area contributed by atoms with Gasteiger partial charge in [-0.3, -0.25) is 14.5 Å². The van der Waals surface area contributed by atoms with Gasteiger partial charge >= 0.3 is 0 Å². The van der Waals surface area contributed by atoms with Gasteiger partial charge in [-0.2, -0.15) is 0 Å². The Bertz CT molecular complexity index is 964. The molecule has 0 radical (unpaired) electrons. The Morgan fingerprint density at radius 3 is 2.52 bits per heavy atom. The molecule has 2 aliphatic heterocycles. The number of ether oxygens (including phenoxy) is 3. The quantitative estimate of drug-likeness (QED) is 0.863. The minimum atomic E-state index is -0.303. The van der Waals surface area contributed by atoms with Gasteiger partial charge in [0.1, 0.15) is 25.5 Å². The van der Waals surface area contributed by atoms with Crippen molar-refractivity contribution in [3.05, 3.63) is 42.0 Å². The van der Waals surface area contributed by atoms with Crippen molar-refractivity contribution in [2.45, 2.75) is 26.2 Å². The van der Waals surface area contributed by atoms with E-state index in [1.807, 2.05) is 18.2 Å². The van der Waals surface area contributed by atoms with Crippen LogP contribution < -0.4 is 24.4 Å². The summed E-state index contributed by atoms with van der Waals surface area (Å²) >= 11 is 0. The maximum absolute atomic E-state index is 12.6. The van der Waals surface area contributed by atoms with Gasteiger partial charge in [0.25, 0.3) is 5.91 Å². The summed E-state index contributed by atoms with van der Waals surface area (Å²) in [5, 5.41) is 2.82. The largest absolute Gasteiger partial charge is 0.486 e. The van der Waals surface area contributed by atoms with Gasteiger partial charge < -0.3 is 19.5 Å². The first-order valence-electron chi connectivity index (χ1n) is 9.58. The van der Waals surface area contributed by atoms with Gasteiger partial charge in [-0.1, -0.05) is 26.8 Å². The summed E-state index contributed by atoms with van der Waals surface area (Å²) in [6, 6.07) is 11.0. The molecule has 0 bridgehead atoms. The Kier molecular flexibility index (Phi) is 4.82. The molecule has 2 heterocycles. The van der Waals surface area contributed by atoms with Crippen molar-refractivity contribution in [2.75, 3.05) is 36.6 Å². The average molecular weight is 396 g/mol. The van der Waals surface area contributed by atoms with E-state index in [-0.39, 0.29) is 30.4 Å². The second-order valence-corrected chi connectivity index (χ2v) is 8.11. The number of carbonyl (C=O) groups is 2. The first kappa shape index (κ1) is 19.1. The van der Waals surface area contributed by atoms with E-state index in [1.54, 1.807) is 18.2 Å². The fourth-order valence-electron chi connectivity index (χ4n) is 3.31. The minimum absolute atomic E-state index is 0.0414. The van der Waals surface area contributed by atoms with Crippen molar-refractivity contribution < 1.29 is 23.8 Å². The molecule has 0 saturated carbocycles. The lowest BCUT2D eigenvalue weighted by Gasteiger charge is -2.30. The van der Waals surface area contributed by atoms with Crippen LogP contribution in [0.25, 0.3) is 0 Å². The number of anilines is 2. The van der Waals surface area contributed by atoms with Crippen molar-refractivity contribution in [1.29, 1.82) is 0 Å². The molecular formula is C22H24N2O5. The first-order valence-corrected chi connectivity index (χ1v) is 9.58. The number of nitrogens with one attached hydrogen (secondary N) is 1. The summed E-state index contributed by atoms with van der Waals surface area (Å²) in [4.78, 5) is 26.5. The molecule has 0 aliphatic carbocycles. The van der Waals surface area contributed by atoms with Crippen LogP contribution in [-0.2, 0) is 15.0 Å². The number of benzene rings is 2. The number of hydrogen-bond acceptors (Lipinski definition) is 5. The molecule has 2 aromatic rings. The predicted molar refractivity (Wildman–Crippen MR) is 109 cm³/mol. The number of amides is 2. The fraction of sp³-hybridized carbons (Fsp3) is 0.364. The summed E-state index contributed by atoms with van der Waals surface area (Å²) in [7, 11) is 0. The highest BCUT2D eigenvalue weighted by atomic mass is 16.6. The number of hydrogen-bond donors (Lipinski definition) is 1. The molecule has 2 aliphatic rings. The summed E-state index contributed by atoms with van der Waals surface area (Å²) in [6.07, 6.45) is 0. The van der Waals surface area contributed by atoms with Crippen LogP contribution in [0.4, 0.5) is 11.4 Å². The van der Waals surface area contributed by atoms with Crippen molar-refractivity contribution in [3.8, 4) is 17.2 Å². The lowest BCUT2D eigenvalue weighted by molar-refractivity contribution is -0.123. The molecule has 4 rings (SSSR count). The highest BCUT2D eigenvalue weighted by Crippen LogP contribution is 2.36. The zero-order valence-corrected chi connectivity index (χ0v) is 16.8. The number of rotatable bonds is 3. The monoisotopic (exact) mass is 396 g/mol. The van der Waals surface area contributed by atoms with Gasteiger partial charge in [0.2, 0.25) is 5.91 Å². The van der Waals surface area contributed by atoms with E-state index in [0.29, 0.717) is 41.8 Å². The van der Waals surface area contributed by atoms with Crippen LogP contribution in [0.3, 0.4) is 0 Å². The van der Waals surface area contributed by atoms with Gasteiger partial charge in [-0.25, -0.2) is 0 Å². The third kappa shape index (κ3) is 3.99. The normalized spacial score (nSPS) is 15.4. The fourth-order valence-corrected chi connectivity index (χ4v) is 3.31. The molecule has 29 heavy (non-hydrogen) atoms. The van der Waals surface area contributed by atoms with Crippen LogP contribution in [0.2, 0.25) is 0 Å². The van der Waals surface area contributed by atoms with Gasteiger partial charge in [-0.05, 0) is 35.2 Å². The zero-order valence-electron chi connectivity index (χ0n) is 16.8. The van der Waals surface area contributed by atoms with Gasteiger partial charge in [0.05, 0.1) is 5.69 Å². The molecule has 2 amide bonds. The Hall–Kier alpha value is -3.22. The summed E-state index contributed by atoms with van der Waals surface area (Å²) in [5.74, 6) is 1.31. The Labute approximate surface area is 169 Å². The SMILES string of the molecule is CC(C)(C)c1ccc2c(c1)OCC(=O)N2CC(=O)Nc1ccc2c(c1)OCCO2. The van der Waals surface area contributed by atoms with Crippen LogP contribution in [-0.4, -0.2) is 38.2 Å². The van der Waals surface area contributed by atoms with E-state index in [2.05, 4.69) is 26.1 Å². The third-order valence-corrected chi connectivity index (χ3v) is 4.90. The summed E-state index contributed by atoms with van der Waals surface area (Å²) < 4.78 is 16.6. The van der Waals surface area contributed by atoms with Crippen molar-refractivity contribution in [2.24, 2.45) is 0 Å². The lowest BCUT2D eigenvalue weighted by Crippen LogP contribution is -2.43. The first-order chi connectivity index (χ1) is 13.8. The Morgan fingerprint density at radius 2 is 1.76 bits per heavy atom. The Balaban J connectivity index is 1.50. The van der Waals surface area contributed by atoms with Crippen LogP contribution >= 0.6 is 0 Å².